The highest BCUT2D eigenvalue weighted by Gasteiger charge is 2.15. The molecule has 0 N–H and O–H groups in total. The van der Waals surface area contributed by atoms with Crippen LogP contribution in [0.1, 0.15) is 26.2 Å². The molecule has 5 heteroatoms. The van der Waals surface area contributed by atoms with E-state index >= 15 is 0 Å². The molecular weight excluding hydrogens is 256 g/mol. The normalized spacial score (nSPS) is 10.8. The molecule has 0 saturated heterocycles. The smallest absolute Gasteiger partial charge is 0.234 e. The maximum atomic E-state index is 11.7. The Morgan fingerprint density at radius 3 is 2.80 bits per heavy atom. The van der Waals surface area contributed by atoms with E-state index < -0.39 is 0 Å². The molecule has 0 aliphatic heterocycles. The lowest BCUT2D eigenvalue weighted by atomic mass is 10.1. The first-order valence-corrected chi connectivity index (χ1v) is 6.57. The zero-order valence-corrected chi connectivity index (χ0v) is 11.9. The number of benzene rings is 1. The first kappa shape index (κ1) is 14.2. The van der Waals surface area contributed by atoms with Crippen molar-refractivity contribution in [1.29, 1.82) is 0 Å². The molecule has 2 rings (SSSR count). The highest BCUT2D eigenvalue weighted by molar-refractivity contribution is 5.80. The topological polar surface area (TPSA) is 65.2 Å². The highest BCUT2D eigenvalue weighted by atomic mass is 16.5. The van der Waals surface area contributed by atoms with Crippen LogP contribution in [0, 0.1) is 5.92 Å². The van der Waals surface area contributed by atoms with Crippen LogP contribution >= 0.6 is 0 Å². The fourth-order valence-corrected chi connectivity index (χ4v) is 1.96. The van der Waals surface area contributed by atoms with Gasteiger partial charge in [0.05, 0.1) is 19.1 Å². The summed E-state index contributed by atoms with van der Waals surface area (Å²) in [4.78, 5) is 16.0. The second kappa shape index (κ2) is 6.32. The molecule has 106 valence electrons. The zero-order chi connectivity index (χ0) is 14.5. The van der Waals surface area contributed by atoms with Gasteiger partial charge in [-0.25, -0.2) is 0 Å². The number of hydrogen-bond donors (Lipinski definition) is 0. The molecular formula is C15H18N2O3. The van der Waals surface area contributed by atoms with Gasteiger partial charge < -0.3 is 9.26 Å². The van der Waals surface area contributed by atoms with Crippen LogP contribution in [0.25, 0.3) is 11.4 Å². The molecule has 0 amide bonds. The molecule has 0 radical (unpaired) electrons. The third kappa shape index (κ3) is 3.44. The van der Waals surface area contributed by atoms with Crippen LogP contribution in [0.15, 0.2) is 28.8 Å². The van der Waals surface area contributed by atoms with Gasteiger partial charge >= 0.3 is 0 Å². The van der Waals surface area contributed by atoms with Crippen LogP contribution in [0.4, 0.5) is 0 Å². The first-order chi connectivity index (χ1) is 9.60. The minimum atomic E-state index is 0.107. The van der Waals surface area contributed by atoms with E-state index in [1.54, 1.807) is 7.11 Å². The van der Waals surface area contributed by atoms with Gasteiger partial charge in [-0.15, -0.1) is 0 Å². The molecule has 0 aliphatic rings. The maximum Gasteiger partial charge on any atom is 0.234 e. The molecule has 0 atom stereocenters. The average molecular weight is 274 g/mol. The van der Waals surface area contributed by atoms with Crippen molar-refractivity contribution >= 4 is 5.78 Å². The molecule has 5 nitrogen and oxygen atoms in total. The van der Waals surface area contributed by atoms with E-state index in [4.69, 9.17) is 9.26 Å². The second-order valence-corrected chi connectivity index (χ2v) is 5.03. The van der Waals surface area contributed by atoms with E-state index in [1.165, 1.54) is 0 Å². The molecule has 0 fully saturated rings. The van der Waals surface area contributed by atoms with Gasteiger partial charge in [-0.1, -0.05) is 31.1 Å². The summed E-state index contributed by atoms with van der Waals surface area (Å²) in [6.07, 6.45) is 0.701. The average Bonchev–Trinajstić information content (AvgIpc) is 2.85. The molecule has 2 aromatic rings. The molecule has 1 aromatic carbocycles. The number of ketones is 1. The van der Waals surface area contributed by atoms with Crippen LogP contribution in [-0.4, -0.2) is 23.0 Å². The van der Waals surface area contributed by atoms with Crippen molar-refractivity contribution in [2.45, 2.75) is 26.7 Å². The van der Waals surface area contributed by atoms with Crippen LogP contribution in [0.5, 0.6) is 5.75 Å². The van der Waals surface area contributed by atoms with E-state index in [0.29, 0.717) is 29.8 Å². The number of nitrogens with zero attached hydrogens (tertiary/aromatic N) is 2. The first-order valence-electron chi connectivity index (χ1n) is 6.57. The zero-order valence-electron chi connectivity index (χ0n) is 11.9. The van der Waals surface area contributed by atoms with Crippen molar-refractivity contribution in [3.8, 4) is 17.1 Å². The number of para-hydroxylation sites is 1. The number of aromatic nitrogens is 2. The van der Waals surface area contributed by atoms with Crippen LogP contribution < -0.4 is 4.74 Å². The Morgan fingerprint density at radius 1 is 1.35 bits per heavy atom. The Kier molecular flexibility index (Phi) is 4.50. The lowest BCUT2D eigenvalue weighted by molar-refractivity contribution is -0.119. The molecule has 0 aliphatic carbocycles. The Labute approximate surface area is 118 Å². The van der Waals surface area contributed by atoms with Gasteiger partial charge in [0.25, 0.3) is 0 Å². The van der Waals surface area contributed by atoms with Crippen molar-refractivity contribution in [2.75, 3.05) is 7.11 Å². The summed E-state index contributed by atoms with van der Waals surface area (Å²) in [5.74, 6) is 1.90. The lowest BCUT2D eigenvalue weighted by Crippen LogP contribution is -2.06. The van der Waals surface area contributed by atoms with Gasteiger partial charge in [0.1, 0.15) is 11.5 Å². The number of carbonyl (C=O) groups excluding carboxylic acids is 1. The number of hydrogen-bond acceptors (Lipinski definition) is 5. The number of carbonyl (C=O) groups is 1. The monoisotopic (exact) mass is 274 g/mol. The minimum absolute atomic E-state index is 0.107. The third-order valence-corrected chi connectivity index (χ3v) is 2.80. The maximum absolute atomic E-state index is 11.7. The minimum Gasteiger partial charge on any atom is -0.496 e. The third-order valence-electron chi connectivity index (χ3n) is 2.80. The number of methoxy groups -OCH3 is 1. The molecule has 1 heterocycles. The van der Waals surface area contributed by atoms with Gasteiger partial charge in [0.15, 0.2) is 0 Å². The standard InChI is InChI=1S/C15H18N2O3/c1-10(2)8-11(18)9-14-16-15(17-20-14)12-6-4-5-7-13(12)19-3/h4-7,10H,8-9H2,1-3H3. The van der Waals surface area contributed by atoms with Crippen molar-refractivity contribution in [3.05, 3.63) is 30.2 Å². The predicted molar refractivity (Wildman–Crippen MR) is 74.5 cm³/mol. The van der Waals surface area contributed by atoms with Crippen LogP contribution in [0.3, 0.4) is 0 Å². The second-order valence-electron chi connectivity index (χ2n) is 5.03. The van der Waals surface area contributed by atoms with E-state index in [0.717, 1.165) is 5.56 Å². The summed E-state index contributed by atoms with van der Waals surface area (Å²) in [6.45, 7) is 4.01. The van der Waals surface area contributed by atoms with Gasteiger partial charge in [-0.05, 0) is 18.1 Å². The van der Waals surface area contributed by atoms with Gasteiger partial charge in [0.2, 0.25) is 11.7 Å². The van der Waals surface area contributed by atoms with E-state index in [9.17, 15) is 4.79 Å². The quantitative estimate of drug-likeness (QED) is 0.810. The molecule has 1 aromatic heterocycles. The summed E-state index contributed by atoms with van der Waals surface area (Å²) in [7, 11) is 1.59. The van der Waals surface area contributed by atoms with E-state index in [2.05, 4.69) is 10.1 Å². The fourth-order valence-electron chi connectivity index (χ4n) is 1.96. The SMILES string of the molecule is COc1ccccc1-c1noc(CC(=O)CC(C)C)n1. The number of rotatable bonds is 6. The summed E-state index contributed by atoms with van der Waals surface area (Å²) in [6, 6.07) is 7.42. The Balaban J connectivity index is 2.15. The summed E-state index contributed by atoms with van der Waals surface area (Å²) >= 11 is 0. The van der Waals surface area contributed by atoms with Crippen molar-refractivity contribution in [1.82, 2.24) is 10.1 Å². The van der Waals surface area contributed by atoms with Crippen molar-refractivity contribution < 1.29 is 14.1 Å². The van der Waals surface area contributed by atoms with Crippen LogP contribution in [0.2, 0.25) is 0 Å². The van der Waals surface area contributed by atoms with E-state index in [-0.39, 0.29) is 12.2 Å². The molecule has 0 bridgehead atoms. The Hall–Kier alpha value is -2.17. The summed E-state index contributed by atoms with van der Waals surface area (Å²) in [5.41, 5.74) is 0.751. The van der Waals surface area contributed by atoms with Crippen molar-refractivity contribution in [3.63, 3.8) is 0 Å². The lowest BCUT2D eigenvalue weighted by Gasteiger charge is -2.03. The largest absolute Gasteiger partial charge is 0.496 e. The summed E-state index contributed by atoms with van der Waals surface area (Å²) < 4.78 is 10.4. The predicted octanol–water partition coefficient (Wildman–Crippen LogP) is 2.90. The van der Waals surface area contributed by atoms with Gasteiger partial charge in [-0.2, -0.15) is 4.98 Å². The molecule has 0 unspecified atom stereocenters. The van der Waals surface area contributed by atoms with Crippen LogP contribution in [-0.2, 0) is 11.2 Å². The Morgan fingerprint density at radius 2 is 2.10 bits per heavy atom. The number of ether oxygens (including phenoxy) is 1. The molecule has 20 heavy (non-hydrogen) atoms. The summed E-state index contributed by atoms with van der Waals surface area (Å²) in [5, 5.41) is 3.91. The molecule has 0 saturated carbocycles. The highest BCUT2D eigenvalue weighted by Crippen LogP contribution is 2.27. The van der Waals surface area contributed by atoms with E-state index in [1.807, 2.05) is 38.1 Å². The van der Waals surface area contributed by atoms with Crippen molar-refractivity contribution in [2.24, 2.45) is 5.92 Å². The van der Waals surface area contributed by atoms with Gasteiger partial charge in [-0.3, -0.25) is 4.79 Å². The number of Topliss-reactive ketones (excluding diaryl/α,β-unsaturated/α-hetero) is 1. The Bertz CT molecular complexity index is 590. The van der Waals surface area contributed by atoms with Gasteiger partial charge in [0, 0.05) is 6.42 Å². The molecule has 0 spiro atoms. The fraction of sp³-hybridized carbons (Fsp3) is 0.400.